The van der Waals surface area contributed by atoms with E-state index in [1.807, 2.05) is 25.1 Å². The van der Waals surface area contributed by atoms with E-state index >= 15 is 0 Å². The zero-order chi connectivity index (χ0) is 15.4. The minimum atomic E-state index is -0.132. The van der Waals surface area contributed by atoms with Crippen molar-refractivity contribution in [2.45, 2.75) is 6.92 Å². The summed E-state index contributed by atoms with van der Waals surface area (Å²) in [4.78, 5) is 20.3. The van der Waals surface area contributed by atoms with Gasteiger partial charge in [0.15, 0.2) is 5.82 Å². The molecule has 3 rings (SSSR count). The smallest absolute Gasteiger partial charge is 0.323 e. The Morgan fingerprint density at radius 3 is 2.41 bits per heavy atom. The molecule has 1 N–H and O–H groups in total. The van der Waals surface area contributed by atoms with E-state index in [0.717, 1.165) is 24.5 Å². The highest BCUT2D eigenvalue weighted by Crippen LogP contribution is 2.15. The molecule has 0 aliphatic carbocycles. The van der Waals surface area contributed by atoms with Gasteiger partial charge in [-0.05, 0) is 31.2 Å². The van der Waals surface area contributed by atoms with Crippen molar-refractivity contribution in [1.82, 2.24) is 20.1 Å². The van der Waals surface area contributed by atoms with Gasteiger partial charge >= 0.3 is 6.03 Å². The molecule has 1 aliphatic heterocycles. The van der Waals surface area contributed by atoms with Crippen LogP contribution >= 0.6 is 0 Å². The van der Waals surface area contributed by atoms with Crippen LogP contribution in [0.4, 0.5) is 16.3 Å². The molecule has 2 aromatic rings. The highest BCUT2D eigenvalue weighted by atomic mass is 16.2. The molecule has 1 saturated heterocycles. The molecule has 1 fully saturated rings. The van der Waals surface area contributed by atoms with Crippen molar-refractivity contribution in [3.05, 3.63) is 42.4 Å². The van der Waals surface area contributed by atoms with Crippen LogP contribution in [0.15, 0.2) is 36.7 Å². The maximum absolute atomic E-state index is 12.2. The Bertz CT molecular complexity index is 622. The molecule has 0 unspecified atom stereocenters. The Morgan fingerprint density at radius 2 is 1.77 bits per heavy atom. The molecular weight excluding hydrogens is 280 g/mol. The quantitative estimate of drug-likeness (QED) is 0.910. The highest BCUT2D eigenvalue weighted by molar-refractivity contribution is 5.88. The predicted molar refractivity (Wildman–Crippen MR) is 83.8 cm³/mol. The molecule has 0 saturated carbocycles. The first kappa shape index (κ1) is 14.2. The molecule has 3 heterocycles. The molecule has 7 heteroatoms. The van der Waals surface area contributed by atoms with Crippen molar-refractivity contribution in [2.75, 3.05) is 36.4 Å². The number of urea groups is 1. The fraction of sp³-hybridized carbons (Fsp3) is 0.333. The molecular formula is C15H18N6O. The summed E-state index contributed by atoms with van der Waals surface area (Å²) in [6.45, 7) is 4.81. The summed E-state index contributed by atoms with van der Waals surface area (Å²) >= 11 is 0. The largest absolute Gasteiger partial charge is 0.368 e. The summed E-state index contributed by atoms with van der Waals surface area (Å²) in [7, 11) is 0. The number of hydrogen-bond donors (Lipinski definition) is 1. The number of piperazine rings is 1. The van der Waals surface area contributed by atoms with Gasteiger partial charge in [0.1, 0.15) is 0 Å². The number of amides is 2. The van der Waals surface area contributed by atoms with Gasteiger partial charge in [-0.15, -0.1) is 5.10 Å². The van der Waals surface area contributed by atoms with Crippen LogP contribution in [0.5, 0.6) is 0 Å². The monoisotopic (exact) mass is 298 g/mol. The van der Waals surface area contributed by atoms with Gasteiger partial charge in [0.05, 0.1) is 5.69 Å². The van der Waals surface area contributed by atoms with E-state index in [9.17, 15) is 4.79 Å². The second-order valence-corrected chi connectivity index (χ2v) is 5.17. The van der Waals surface area contributed by atoms with E-state index in [1.165, 1.54) is 0 Å². The Balaban J connectivity index is 1.54. The fourth-order valence-electron chi connectivity index (χ4n) is 2.38. The van der Waals surface area contributed by atoms with Gasteiger partial charge < -0.3 is 9.80 Å². The Morgan fingerprint density at radius 1 is 1.05 bits per heavy atom. The average Bonchev–Trinajstić information content (AvgIpc) is 2.58. The van der Waals surface area contributed by atoms with Gasteiger partial charge in [0, 0.05) is 44.3 Å². The summed E-state index contributed by atoms with van der Waals surface area (Å²) < 4.78 is 0. The van der Waals surface area contributed by atoms with Crippen LogP contribution in [0, 0.1) is 6.92 Å². The van der Waals surface area contributed by atoms with Gasteiger partial charge in [0.2, 0.25) is 0 Å². The van der Waals surface area contributed by atoms with E-state index in [4.69, 9.17) is 0 Å². The number of carbonyl (C=O) groups is 1. The summed E-state index contributed by atoms with van der Waals surface area (Å²) in [6, 6.07) is 7.42. The molecule has 0 spiro atoms. The first-order chi connectivity index (χ1) is 10.7. The number of hydrogen-bond acceptors (Lipinski definition) is 5. The fourth-order valence-corrected chi connectivity index (χ4v) is 2.38. The molecule has 0 aromatic carbocycles. The Labute approximate surface area is 129 Å². The van der Waals surface area contributed by atoms with Crippen molar-refractivity contribution in [3.8, 4) is 0 Å². The van der Waals surface area contributed by atoms with Gasteiger partial charge in [-0.3, -0.25) is 10.3 Å². The second kappa shape index (κ2) is 6.38. The summed E-state index contributed by atoms with van der Waals surface area (Å²) in [5.74, 6) is 0.479. The molecule has 0 bridgehead atoms. The third-order valence-electron chi connectivity index (χ3n) is 3.63. The van der Waals surface area contributed by atoms with E-state index in [-0.39, 0.29) is 6.03 Å². The van der Waals surface area contributed by atoms with Crippen molar-refractivity contribution < 1.29 is 4.79 Å². The molecule has 2 amide bonds. The second-order valence-electron chi connectivity index (χ2n) is 5.17. The van der Waals surface area contributed by atoms with Crippen molar-refractivity contribution in [2.24, 2.45) is 0 Å². The predicted octanol–water partition coefficient (Wildman–Crippen LogP) is 1.53. The number of carbonyl (C=O) groups excluding carboxylic acids is 1. The van der Waals surface area contributed by atoms with E-state index < -0.39 is 0 Å². The van der Waals surface area contributed by atoms with E-state index in [2.05, 4.69) is 25.4 Å². The van der Waals surface area contributed by atoms with Crippen molar-refractivity contribution in [3.63, 3.8) is 0 Å². The molecule has 22 heavy (non-hydrogen) atoms. The van der Waals surface area contributed by atoms with Crippen LogP contribution in [0.1, 0.15) is 5.69 Å². The summed E-state index contributed by atoms with van der Waals surface area (Å²) in [5, 5.41) is 10.7. The lowest BCUT2D eigenvalue weighted by atomic mass is 10.3. The molecule has 0 atom stereocenters. The van der Waals surface area contributed by atoms with Crippen LogP contribution in [0.2, 0.25) is 0 Å². The Hall–Kier alpha value is -2.70. The lowest BCUT2D eigenvalue weighted by Crippen LogP contribution is -2.50. The highest BCUT2D eigenvalue weighted by Gasteiger charge is 2.21. The number of aryl methyl sites for hydroxylation is 1. The summed E-state index contributed by atoms with van der Waals surface area (Å²) in [5.41, 5.74) is 1.96. The number of nitrogens with zero attached hydrogens (tertiary/aromatic N) is 5. The zero-order valence-electron chi connectivity index (χ0n) is 12.4. The first-order valence-corrected chi connectivity index (χ1v) is 7.23. The van der Waals surface area contributed by atoms with Crippen LogP contribution in [-0.4, -0.2) is 52.3 Å². The van der Waals surface area contributed by atoms with Gasteiger partial charge in [-0.25, -0.2) is 4.79 Å². The number of rotatable bonds is 2. The molecule has 1 aliphatic rings. The topological polar surface area (TPSA) is 74.2 Å². The maximum Gasteiger partial charge on any atom is 0.323 e. The zero-order valence-corrected chi connectivity index (χ0v) is 12.4. The minimum absolute atomic E-state index is 0.132. The average molecular weight is 298 g/mol. The molecule has 0 radical (unpaired) electrons. The SMILES string of the molecule is Cc1ccc(NC(=O)N2CCN(c3ccncc3)CC2)nn1. The van der Waals surface area contributed by atoms with Crippen LogP contribution in [0.25, 0.3) is 0 Å². The number of aromatic nitrogens is 3. The van der Waals surface area contributed by atoms with Crippen LogP contribution in [-0.2, 0) is 0 Å². The van der Waals surface area contributed by atoms with Crippen LogP contribution < -0.4 is 10.2 Å². The molecule has 114 valence electrons. The van der Waals surface area contributed by atoms with Crippen molar-refractivity contribution in [1.29, 1.82) is 0 Å². The Kier molecular flexibility index (Phi) is 4.13. The third kappa shape index (κ3) is 3.30. The van der Waals surface area contributed by atoms with E-state index in [0.29, 0.717) is 18.9 Å². The summed E-state index contributed by atoms with van der Waals surface area (Å²) in [6.07, 6.45) is 3.56. The third-order valence-corrected chi connectivity index (χ3v) is 3.63. The van der Waals surface area contributed by atoms with Crippen molar-refractivity contribution >= 4 is 17.5 Å². The maximum atomic E-state index is 12.2. The molecule has 2 aromatic heterocycles. The first-order valence-electron chi connectivity index (χ1n) is 7.23. The van der Waals surface area contributed by atoms with Gasteiger partial charge in [-0.2, -0.15) is 5.10 Å². The number of anilines is 2. The number of pyridine rings is 1. The number of nitrogens with one attached hydrogen (secondary N) is 1. The normalized spacial score (nSPS) is 14.8. The molecule has 7 nitrogen and oxygen atoms in total. The van der Waals surface area contributed by atoms with E-state index in [1.54, 1.807) is 23.4 Å². The van der Waals surface area contributed by atoms with Gasteiger partial charge in [-0.1, -0.05) is 0 Å². The van der Waals surface area contributed by atoms with Crippen LogP contribution in [0.3, 0.4) is 0 Å². The lowest BCUT2D eigenvalue weighted by molar-refractivity contribution is 0.208. The van der Waals surface area contributed by atoms with Gasteiger partial charge in [0.25, 0.3) is 0 Å². The minimum Gasteiger partial charge on any atom is -0.368 e. The standard InChI is InChI=1S/C15H18N6O/c1-12-2-3-14(19-18-12)17-15(22)21-10-8-20(9-11-21)13-4-6-16-7-5-13/h2-7H,8-11H2,1H3,(H,17,19,22). The lowest BCUT2D eigenvalue weighted by Gasteiger charge is -2.35.